The van der Waals surface area contributed by atoms with E-state index in [1.807, 2.05) is 0 Å². The molecule has 0 saturated heterocycles. The molecular weight excluding hydrogens is 263 g/mol. The van der Waals surface area contributed by atoms with Crippen molar-refractivity contribution in [1.82, 2.24) is 0 Å². The predicted molar refractivity (Wildman–Crippen MR) is 61.8 cm³/mol. The minimum absolute atomic E-state index is 0.0442. The van der Waals surface area contributed by atoms with E-state index in [-0.39, 0.29) is 17.8 Å². The monoisotopic (exact) mass is 273 g/mol. The summed E-state index contributed by atoms with van der Waals surface area (Å²) in [7, 11) is 0. The molecule has 0 bridgehead atoms. The molecule has 1 rings (SSSR count). The van der Waals surface area contributed by atoms with E-state index in [2.05, 4.69) is 0 Å². The maximum absolute atomic E-state index is 12.4. The van der Waals surface area contributed by atoms with Crippen LogP contribution in [0.1, 0.15) is 12.5 Å². The first kappa shape index (κ1) is 14.8. The average Bonchev–Trinajstić information content (AvgIpc) is 2.34. The fourth-order valence-electron chi connectivity index (χ4n) is 1.56. The lowest BCUT2D eigenvalue weighted by molar-refractivity contribution is -0.385. The van der Waals surface area contributed by atoms with E-state index < -0.39 is 23.3 Å². The van der Waals surface area contributed by atoms with E-state index in [0.717, 1.165) is 17.0 Å². The third-order valence-corrected chi connectivity index (χ3v) is 2.42. The van der Waals surface area contributed by atoms with Gasteiger partial charge < -0.3 is 4.90 Å². The van der Waals surface area contributed by atoms with Gasteiger partial charge in [-0.3, -0.25) is 10.1 Å². The number of rotatable bonds is 4. The molecule has 1 aromatic carbocycles. The third-order valence-electron chi connectivity index (χ3n) is 2.42. The summed E-state index contributed by atoms with van der Waals surface area (Å²) in [6, 6.07) is 5.02. The average molecular weight is 273 g/mol. The van der Waals surface area contributed by atoms with Crippen molar-refractivity contribution in [3.05, 3.63) is 33.9 Å². The second-order valence-corrected chi connectivity index (χ2v) is 3.70. The highest BCUT2D eigenvalue weighted by molar-refractivity contribution is 5.60. The number of nitro benzene ring substituents is 1. The second-order valence-electron chi connectivity index (χ2n) is 3.70. The molecular formula is C11H10F3N3O2. The van der Waals surface area contributed by atoms with Crippen LogP contribution in [0.25, 0.3) is 0 Å². The topological polar surface area (TPSA) is 70.2 Å². The fraction of sp³-hybridized carbons (Fsp3) is 0.364. The molecule has 0 aliphatic carbocycles. The first-order valence-electron chi connectivity index (χ1n) is 5.28. The van der Waals surface area contributed by atoms with Crippen LogP contribution in [0, 0.1) is 21.4 Å². The summed E-state index contributed by atoms with van der Waals surface area (Å²) in [6.45, 7) is 0.352. The Morgan fingerprint density at radius 2 is 2.11 bits per heavy atom. The predicted octanol–water partition coefficient (Wildman–Crippen LogP) is 2.86. The van der Waals surface area contributed by atoms with Crippen LogP contribution < -0.4 is 4.90 Å². The zero-order valence-electron chi connectivity index (χ0n) is 9.94. The quantitative estimate of drug-likeness (QED) is 0.624. The van der Waals surface area contributed by atoms with E-state index >= 15 is 0 Å². The van der Waals surface area contributed by atoms with E-state index in [1.165, 1.54) is 13.0 Å². The summed E-state index contributed by atoms with van der Waals surface area (Å²) < 4.78 is 37.1. The Morgan fingerprint density at radius 3 is 2.53 bits per heavy atom. The molecule has 1 aromatic rings. The minimum atomic E-state index is -4.40. The largest absolute Gasteiger partial charge is 0.405 e. The van der Waals surface area contributed by atoms with Crippen LogP contribution in [-0.2, 0) is 0 Å². The van der Waals surface area contributed by atoms with Crippen molar-refractivity contribution in [2.75, 3.05) is 18.0 Å². The van der Waals surface area contributed by atoms with Crippen molar-refractivity contribution < 1.29 is 18.1 Å². The third kappa shape index (κ3) is 3.84. The van der Waals surface area contributed by atoms with Gasteiger partial charge in [0.2, 0.25) is 0 Å². The van der Waals surface area contributed by atoms with E-state index in [0.29, 0.717) is 0 Å². The highest BCUT2D eigenvalue weighted by Crippen LogP contribution is 2.27. The molecule has 0 amide bonds. The van der Waals surface area contributed by atoms with Crippen molar-refractivity contribution >= 4 is 11.4 Å². The molecule has 0 aromatic heterocycles. The maximum atomic E-state index is 12.4. The molecule has 0 heterocycles. The number of alkyl halides is 3. The van der Waals surface area contributed by atoms with Gasteiger partial charge in [0.15, 0.2) is 0 Å². The molecule has 0 aliphatic heterocycles. The molecule has 0 N–H and O–H groups in total. The van der Waals surface area contributed by atoms with Gasteiger partial charge in [0.05, 0.1) is 4.92 Å². The lowest BCUT2D eigenvalue weighted by atomic mass is 10.1. The van der Waals surface area contributed by atoms with Crippen molar-refractivity contribution in [1.29, 1.82) is 5.26 Å². The smallest absolute Gasteiger partial charge is 0.363 e. The summed E-state index contributed by atoms with van der Waals surface area (Å²) in [4.78, 5) is 10.9. The highest BCUT2D eigenvalue weighted by atomic mass is 19.4. The summed E-state index contributed by atoms with van der Waals surface area (Å²) in [5.41, 5.74) is -0.622. The molecule has 0 fully saturated rings. The van der Waals surface area contributed by atoms with Crippen LogP contribution in [-0.4, -0.2) is 24.2 Å². The summed E-state index contributed by atoms with van der Waals surface area (Å²) in [5, 5.41) is 19.4. The van der Waals surface area contributed by atoms with Gasteiger partial charge in [0, 0.05) is 18.3 Å². The SMILES string of the molecule is CCN(CC(F)(F)F)c1ccc(C#N)c([N+](=O)[O-])c1. The molecule has 0 spiro atoms. The van der Waals surface area contributed by atoms with E-state index in [9.17, 15) is 23.3 Å². The zero-order chi connectivity index (χ0) is 14.6. The first-order valence-corrected chi connectivity index (χ1v) is 5.28. The number of anilines is 1. The lowest BCUT2D eigenvalue weighted by Gasteiger charge is -2.24. The standard InChI is InChI=1S/C11H10F3N3O2/c1-2-16(7-11(12,13)14)9-4-3-8(6-15)10(5-9)17(18)19/h3-5H,2,7H2,1H3. The number of nitriles is 1. The van der Waals surface area contributed by atoms with Gasteiger partial charge in [-0.15, -0.1) is 0 Å². The Kier molecular flexibility index (Phi) is 4.32. The Bertz CT molecular complexity index is 523. The van der Waals surface area contributed by atoms with E-state index in [1.54, 1.807) is 6.07 Å². The van der Waals surface area contributed by atoms with Crippen molar-refractivity contribution in [3.8, 4) is 6.07 Å². The van der Waals surface area contributed by atoms with Gasteiger partial charge in [-0.25, -0.2) is 0 Å². The van der Waals surface area contributed by atoms with Gasteiger partial charge in [-0.05, 0) is 19.1 Å². The number of benzene rings is 1. The molecule has 102 valence electrons. The van der Waals surface area contributed by atoms with Crippen molar-refractivity contribution in [2.24, 2.45) is 0 Å². The zero-order valence-corrected chi connectivity index (χ0v) is 9.94. The molecule has 0 saturated carbocycles. The molecule has 0 aliphatic rings. The van der Waals surface area contributed by atoms with Crippen LogP contribution in [0.4, 0.5) is 24.5 Å². The molecule has 0 radical (unpaired) electrons. The Labute approximate surface area is 107 Å². The van der Waals surface area contributed by atoms with Crippen LogP contribution in [0.15, 0.2) is 18.2 Å². The maximum Gasteiger partial charge on any atom is 0.405 e. The number of hydrogen-bond donors (Lipinski definition) is 0. The summed E-state index contributed by atoms with van der Waals surface area (Å²) in [5.74, 6) is 0. The van der Waals surface area contributed by atoms with Crippen molar-refractivity contribution in [2.45, 2.75) is 13.1 Å². The molecule has 0 unspecified atom stereocenters. The van der Waals surface area contributed by atoms with Crippen LogP contribution in [0.5, 0.6) is 0 Å². The number of halogens is 3. The first-order chi connectivity index (χ1) is 8.78. The Hall–Kier alpha value is -2.30. The number of nitro groups is 1. The van der Waals surface area contributed by atoms with Gasteiger partial charge in [-0.1, -0.05) is 0 Å². The Morgan fingerprint density at radius 1 is 1.47 bits per heavy atom. The minimum Gasteiger partial charge on any atom is -0.363 e. The summed E-state index contributed by atoms with van der Waals surface area (Å²) >= 11 is 0. The normalized spacial score (nSPS) is 10.9. The van der Waals surface area contributed by atoms with E-state index in [4.69, 9.17) is 5.26 Å². The van der Waals surface area contributed by atoms with Gasteiger partial charge in [0.1, 0.15) is 18.2 Å². The molecule has 0 atom stereocenters. The molecule has 19 heavy (non-hydrogen) atoms. The molecule has 8 heteroatoms. The van der Waals surface area contributed by atoms with Gasteiger partial charge in [-0.2, -0.15) is 18.4 Å². The van der Waals surface area contributed by atoms with Crippen molar-refractivity contribution in [3.63, 3.8) is 0 Å². The fourth-order valence-corrected chi connectivity index (χ4v) is 1.56. The Balaban J connectivity index is 3.17. The van der Waals surface area contributed by atoms with Gasteiger partial charge >= 0.3 is 6.18 Å². The summed E-state index contributed by atoms with van der Waals surface area (Å²) in [6.07, 6.45) is -4.40. The molecule has 5 nitrogen and oxygen atoms in total. The highest BCUT2D eigenvalue weighted by Gasteiger charge is 2.31. The second kappa shape index (κ2) is 5.56. The number of hydrogen-bond acceptors (Lipinski definition) is 4. The van der Waals surface area contributed by atoms with Crippen LogP contribution >= 0.6 is 0 Å². The van der Waals surface area contributed by atoms with Crippen LogP contribution in [0.3, 0.4) is 0 Å². The van der Waals surface area contributed by atoms with Gasteiger partial charge in [0.25, 0.3) is 5.69 Å². The number of nitrogens with zero attached hydrogens (tertiary/aromatic N) is 3. The van der Waals surface area contributed by atoms with Crippen LogP contribution in [0.2, 0.25) is 0 Å². The lowest BCUT2D eigenvalue weighted by Crippen LogP contribution is -2.34.